The van der Waals surface area contributed by atoms with Gasteiger partial charge < -0.3 is 4.74 Å². The molecule has 72 valence electrons. The van der Waals surface area contributed by atoms with Gasteiger partial charge in [-0.05, 0) is 18.6 Å². The van der Waals surface area contributed by atoms with Crippen molar-refractivity contribution in [1.82, 2.24) is 0 Å². The molecular weight excluding hydrogens is 224 g/mol. The Hall–Kier alpha value is -0.130. The number of methoxy groups -OCH3 is 1. The lowest BCUT2D eigenvalue weighted by molar-refractivity contribution is 0.0603. The highest BCUT2D eigenvalue weighted by molar-refractivity contribution is 8.01. The normalized spacial score (nSPS) is 10.1. The largest absolute Gasteiger partial charge is 0.465 e. The Morgan fingerprint density at radius 1 is 1.46 bits per heavy atom. The van der Waals surface area contributed by atoms with E-state index in [-0.39, 0.29) is 5.97 Å². The molecule has 1 heterocycles. The van der Waals surface area contributed by atoms with Crippen LogP contribution in [0.3, 0.4) is 0 Å². The molecule has 0 N–H and O–H groups in total. The number of carbonyl (C=O) groups is 1. The van der Waals surface area contributed by atoms with E-state index in [1.54, 1.807) is 23.5 Å². The fourth-order valence-corrected chi connectivity index (χ4v) is 3.39. The summed E-state index contributed by atoms with van der Waals surface area (Å²) in [5.41, 5.74) is 0. The summed E-state index contributed by atoms with van der Waals surface area (Å²) in [6.45, 7) is 0. The summed E-state index contributed by atoms with van der Waals surface area (Å²) in [7, 11) is 1.41. The van der Waals surface area contributed by atoms with Crippen LogP contribution in [-0.4, -0.2) is 25.6 Å². The van der Waals surface area contributed by atoms with Crippen molar-refractivity contribution in [3.63, 3.8) is 0 Å². The quantitative estimate of drug-likeness (QED) is 0.593. The highest BCUT2D eigenvalue weighted by atomic mass is 32.2. The van der Waals surface area contributed by atoms with Crippen molar-refractivity contribution in [2.75, 3.05) is 19.6 Å². The van der Waals surface area contributed by atoms with Crippen LogP contribution in [0.4, 0.5) is 0 Å². The van der Waals surface area contributed by atoms with Crippen LogP contribution in [-0.2, 0) is 4.74 Å². The van der Waals surface area contributed by atoms with Gasteiger partial charge in [-0.3, -0.25) is 0 Å². The average molecular weight is 234 g/mol. The van der Waals surface area contributed by atoms with E-state index in [1.165, 1.54) is 18.4 Å². The summed E-state index contributed by atoms with van der Waals surface area (Å²) in [6, 6.07) is 2.02. The summed E-state index contributed by atoms with van der Waals surface area (Å²) >= 11 is 4.70. The smallest absolute Gasteiger partial charge is 0.349 e. The van der Waals surface area contributed by atoms with Crippen LogP contribution in [0.1, 0.15) is 9.67 Å². The minimum atomic E-state index is -0.241. The Kier molecular flexibility index (Phi) is 4.15. The molecule has 0 aliphatic rings. The molecule has 0 atom stereocenters. The molecule has 0 spiro atoms. The van der Waals surface area contributed by atoms with E-state index >= 15 is 0 Å². The van der Waals surface area contributed by atoms with Gasteiger partial charge in [0.2, 0.25) is 0 Å². The lowest BCUT2D eigenvalue weighted by Crippen LogP contribution is -1.98. The maximum absolute atomic E-state index is 11.3. The summed E-state index contributed by atoms with van der Waals surface area (Å²) < 4.78 is 5.83. The van der Waals surface area contributed by atoms with Gasteiger partial charge in [0.05, 0.1) is 11.3 Å². The number of esters is 1. The third kappa shape index (κ3) is 2.42. The standard InChI is InChI=1S/C8H10O2S3/c1-10-8(9)7-5(11-2)4-6(12-3)13-7/h4H,1-3H3. The minimum absolute atomic E-state index is 0.241. The zero-order chi connectivity index (χ0) is 9.84. The first-order chi connectivity index (χ1) is 6.22. The number of carbonyl (C=O) groups excluding carboxylic acids is 1. The number of thioether (sulfide) groups is 2. The molecule has 1 aromatic rings. The predicted octanol–water partition coefficient (Wildman–Crippen LogP) is 2.98. The molecule has 2 nitrogen and oxygen atoms in total. The van der Waals surface area contributed by atoms with Crippen molar-refractivity contribution in [2.24, 2.45) is 0 Å². The van der Waals surface area contributed by atoms with E-state index in [2.05, 4.69) is 4.74 Å². The van der Waals surface area contributed by atoms with Gasteiger partial charge in [0, 0.05) is 4.90 Å². The summed E-state index contributed by atoms with van der Waals surface area (Å²) in [5, 5.41) is 0. The molecule has 0 bridgehead atoms. The van der Waals surface area contributed by atoms with Crippen molar-refractivity contribution in [2.45, 2.75) is 9.10 Å². The molecule has 0 aliphatic carbocycles. The molecule has 0 unspecified atom stereocenters. The third-order valence-electron chi connectivity index (χ3n) is 1.47. The van der Waals surface area contributed by atoms with Crippen molar-refractivity contribution in [3.05, 3.63) is 10.9 Å². The van der Waals surface area contributed by atoms with E-state index in [4.69, 9.17) is 0 Å². The van der Waals surface area contributed by atoms with Gasteiger partial charge in [0.25, 0.3) is 0 Å². The number of hydrogen-bond donors (Lipinski definition) is 0. The first-order valence-electron chi connectivity index (χ1n) is 3.53. The number of hydrogen-bond acceptors (Lipinski definition) is 5. The van der Waals surface area contributed by atoms with Crippen LogP contribution >= 0.6 is 34.9 Å². The van der Waals surface area contributed by atoms with E-state index in [0.717, 1.165) is 9.10 Å². The van der Waals surface area contributed by atoms with Gasteiger partial charge in [0.15, 0.2) is 0 Å². The van der Waals surface area contributed by atoms with Crippen molar-refractivity contribution >= 4 is 40.8 Å². The minimum Gasteiger partial charge on any atom is -0.465 e. The van der Waals surface area contributed by atoms with Crippen LogP contribution in [0.15, 0.2) is 15.2 Å². The van der Waals surface area contributed by atoms with Gasteiger partial charge in [-0.15, -0.1) is 34.9 Å². The fourth-order valence-electron chi connectivity index (χ4n) is 0.840. The average Bonchev–Trinajstić information content (AvgIpc) is 2.59. The topological polar surface area (TPSA) is 26.3 Å². The van der Waals surface area contributed by atoms with Gasteiger partial charge in [-0.1, -0.05) is 0 Å². The van der Waals surface area contributed by atoms with Crippen molar-refractivity contribution < 1.29 is 9.53 Å². The monoisotopic (exact) mass is 234 g/mol. The molecule has 0 fully saturated rings. The first-order valence-corrected chi connectivity index (χ1v) is 6.79. The van der Waals surface area contributed by atoms with E-state index in [9.17, 15) is 4.79 Å². The van der Waals surface area contributed by atoms with Crippen LogP contribution in [0.5, 0.6) is 0 Å². The highest BCUT2D eigenvalue weighted by Crippen LogP contribution is 2.34. The fraction of sp³-hybridized carbons (Fsp3) is 0.375. The molecule has 0 amide bonds. The van der Waals surface area contributed by atoms with Crippen LogP contribution in [0.2, 0.25) is 0 Å². The van der Waals surface area contributed by atoms with Gasteiger partial charge in [-0.2, -0.15) is 0 Å². The van der Waals surface area contributed by atoms with Crippen molar-refractivity contribution in [3.8, 4) is 0 Å². The van der Waals surface area contributed by atoms with E-state index in [0.29, 0.717) is 4.88 Å². The maximum Gasteiger partial charge on any atom is 0.349 e. The molecule has 0 aromatic carbocycles. The second kappa shape index (κ2) is 4.93. The lowest BCUT2D eigenvalue weighted by atomic mass is 10.5. The molecule has 1 rings (SSSR count). The Morgan fingerprint density at radius 2 is 2.15 bits per heavy atom. The summed E-state index contributed by atoms with van der Waals surface area (Å²) in [5.74, 6) is -0.241. The van der Waals surface area contributed by atoms with E-state index in [1.807, 2.05) is 18.6 Å². The first kappa shape index (κ1) is 10.9. The molecule has 0 saturated carbocycles. The number of thiophene rings is 1. The van der Waals surface area contributed by atoms with Crippen LogP contribution in [0, 0.1) is 0 Å². The Balaban J connectivity index is 3.03. The Morgan fingerprint density at radius 3 is 2.62 bits per heavy atom. The van der Waals surface area contributed by atoms with Crippen LogP contribution < -0.4 is 0 Å². The molecular formula is C8H10O2S3. The lowest BCUT2D eigenvalue weighted by Gasteiger charge is -1.96. The second-order valence-corrected chi connectivity index (χ2v) is 5.17. The highest BCUT2D eigenvalue weighted by Gasteiger charge is 2.15. The van der Waals surface area contributed by atoms with Gasteiger partial charge in [0.1, 0.15) is 4.88 Å². The predicted molar refractivity (Wildman–Crippen MR) is 59.2 cm³/mol. The SMILES string of the molecule is COC(=O)c1sc(SC)cc1SC. The second-order valence-electron chi connectivity index (χ2n) is 2.16. The van der Waals surface area contributed by atoms with E-state index < -0.39 is 0 Å². The number of rotatable bonds is 3. The Labute approximate surface area is 90.1 Å². The number of ether oxygens (including phenoxy) is 1. The summed E-state index contributed by atoms with van der Waals surface area (Å²) in [6.07, 6.45) is 3.95. The molecule has 5 heteroatoms. The zero-order valence-electron chi connectivity index (χ0n) is 7.62. The van der Waals surface area contributed by atoms with Gasteiger partial charge in [-0.25, -0.2) is 4.79 Å². The summed E-state index contributed by atoms with van der Waals surface area (Å²) in [4.78, 5) is 13.0. The maximum atomic E-state index is 11.3. The Bertz CT molecular complexity index is 306. The molecule has 0 radical (unpaired) electrons. The van der Waals surface area contributed by atoms with Crippen molar-refractivity contribution in [1.29, 1.82) is 0 Å². The van der Waals surface area contributed by atoms with Crippen LogP contribution in [0.25, 0.3) is 0 Å². The molecule has 13 heavy (non-hydrogen) atoms. The third-order valence-corrected chi connectivity index (χ3v) is 4.54. The zero-order valence-corrected chi connectivity index (χ0v) is 10.1. The molecule has 0 saturated heterocycles. The molecule has 1 aromatic heterocycles. The molecule has 0 aliphatic heterocycles. The van der Waals surface area contributed by atoms with Gasteiger partial charge >= 0.3 is 5.97 Å².